The first kappa shape index (κ1) is 18.7. The van der Waals surface area contributed by atoms with Gasteiger partial charge in [-0.15, -0.1) is 0 Å². The van der Waals surface area contributed by atoms with Gasteiger partial charge in [0.2, 0.25) is 5.91 Å². The molecule has 1 aromatic carbocycles. The lowest BCUT2D eigenvalue weighted by Crippen LogP contribution is -2.46. The second-order valence-electron chi connectivity index (χ2n) is 6.50. The predicted molar refractivity (Wildman–Crippen MR) is 97.3 cm³/mol. The smallest absolute Gasteiger partial charge is 0.291 e. The Kier molecular flexibility index (Phi) is 6.36. The fraction of sp³-hybridized carbons (Fsp3) is 0.368. The van der Waals surface area contributed by atoms with Crippen molar-refractivity contribution in [3.8, 4) is 0 Å². The highest BCUT2D eigenvalue weighted by atomic mass is 16.3. The minimum absolute atomic E-state index is 0.00944. The summed E-state index contributed by atoms with van der Waals surface area (Å²) in [6.07, 6.45) is 1.46. The lowest BCUT2D eigenvalue weighted by atomic mass is 10.0. The highest BCUT2D eigenvalue weighted by Crippen LogP contribution is 2.12. The maximum absolute atomic E-state index is 12.3. The van der Waals surface area contributed by atoms with Crippen molar-refractivity contribution in [2.75, 3.05) is 19.4 Å². The number of hydrogen-bond donors (Lipinski definition) is 2. The third kappa shape index (κ3) is 5.19. The van der Waals surface area contributed by atoms with Crippen molar-refractivity contribution in [3.63, 3.8) is 0 Å². The number of nitrogens with zero attached hydrogens (tertiary/aromatic N) is 1. The number of carbonyl (C=O) groups is 2. The number of amides is 2. The van der Waals surface area contributed by atoms with E-state index in [4.69, 9.17) is 4.42 Å². The van der Waals surface area contributed by atoms with Crippen LogP contribution in [0.1, 0.15) is 30.0 Å². The topological polar surface area (TPSA) is 74.6 Å². The third-order valence-corrected chi connectivity index (χ3v) is 3.88. The zero-order valence-electron chi connectivity index (χ0n) is 15.1. The van der Waals surface area contributed by atoms with Crippen molar-refractivity contribution in [1.29, 1.82) is 0 Å². The highest BCUT2D eigenvalue weighted by Gasteiger charge is 2.23. The number of carbonyl (C=O) groups excluding carboxylic acids is 2. The predicted octanol–water partition coefficient (Wildman–Crippen LogP) is 2.73. The van der Waals surface area contributed by atoms with Crippen LogP contribution in [0.25, 0.3) is 0 Å². The normalized spacial score (nSPS) is 12.2. The van der Waals surface area contributed by atoms with E-state index < -0.39 is 0 Å². The van der Waals surface area contributed by atoms with Crippen LogP contribution in [0.15, 0.2) is 47.1 Å². The minimum Gasteiger partial charge on any atom is -0.459 e. The summed E-state index contributed by atoms with van der Waals surface area (Å²) in [7, 11) is 3.81. The van der Waals surface area contributed by atoms with Crippen LogP contribution in [0.2, 0.25) is 0 Å². The van der Waals surface area contributed by atoms with E-state index in [1.807, 2.05) is 45.0 Å². The highest BCUT2D eigenvalue weighted by molar-refractivity contribution is 6.02. The quantitative estimate of drug-likeness (QED) is 0.811. The van der Waals surface area contributed by atoms with E-state index >= 15 is 0 Å². The van der Waals surface area contributed by atoms with Gasteiger partial charge in [0.15, 0.2) is 5.76 Å². The van der Waals surface area contributed by atoms with Crippen molar-refractivity contribution >= 4 is 17.5 Å². The summed E-state index contributed by atoms with van der Waals surface area (Å²) < 4.78 is 5.05. The molecule has 0 bridgehead atoms. The zero-order valence-corrected chi connectivity index (χ0v) is 15.1. The molecule has 0 saturated heterocycles. The summed E-state index contributed by atoms with van der Waals surface area (Å²) in [5, 5.41) is 5.72. The van der Waals surface area contributed by atoms with Gasteiger partial charge >= 0.3 is 0 Å². The molecule has 0 aliphatic rings. The second kappa shape index (κ2) is 8.48. The monoisotopic (exact) mass is 343 g/mol. The summed E-state index contributed by atoms with van der Waals surface area (Å²) in [4.78, 5) is 26.2. The van der Waals surface area contributed by atoms with E-state index in [0.717, 1.165) is 5.56 Å². The number of anilines is 1. The van der Waals surface area contributed by atoms with Crippen molar-refractivity contribution < 1.29 is 14.0 Å². The number of benzene rings is 1. The van der Waals surface area contributed by atoms with E-state index in [9.17, 15) is 9.59 Å². The first-order valence-corrected chi connectivity index (χ1v) is 8.26. The summed E-state index contributed by atoms with van der Waals surface area (Å²) in [6.45, 7) is 4.50. The maximum atomic E-state index is 12.3. The van der Waals surface area contributed by atoms with Crippen LogP contribution in [0.4, 0.5) is 5.69 Å². The van der Waals surface area contributed by atoms with Gasteiger partial charge in [0.25, 0.3) is 5.91 Å². The number of hydrogen-bond acceptors (Lipinski definition) is 4. The second-order valence-corrected chi connectivity index (χ2v) is 6.50. The Labute approximate surface area is 148 Å². The molecule has 2 amide bonds. The summed E-state index contributed by atoms with van der Waals surface area (Å²) in [6, 6.07) is 10.5. The molecule has 0 unspecified atom stereocenters. The van der Waals surface area contributed by atoms with Crippen LogP contribution in [-0.2, 0) is 11.3 Å². The van der Waals surface area contributed by atoms with E-state index in [0.29, 0.717) is 12.2 Å². The SMILES string of the molecule is CC(C)[C@@H](C(=O)NCc1ccc(NC(=O)c2ccco2)cc1)N(C)C. The third-order valence-electron chi connectivity index (χ3n) is 3.88. The van der Waals surface area contributed by atoms with Gasteiger partial charge in [-0.3, -0.25) is 14.5 Å². The Balaban J connectivity index is 1.90. The molecular formula is C19H25N3O3. The number of furan rings is 1. The molecular weight excluding hydrogens is 318 g/mol. The Morgan fingerprint density at radius 2 is 1.80 bits per heavy atom. The first-order valence-electron chi connectivity index (χ1n) is 8.26. The molecule has 0 radical (unpaired) electrons. The standard InChI is InChI=1S/C19H25N3O3/c1-13(2)17(22(3)4)19(24)20-12-14-7-9-15(10-8-14)21-18(23)16-6-5-11-25-16/h5-11,13,17H,12H2,1-4H3,(H,20,24)(H,21,23)/t17-/m0/s1. The van der Waals surface area contributed by atoms with Crippen LogP contribution in [0, 0.1) is 5.92 Å². The number of likely N-dealkylation sites (N-methyl/N-ethyl adjacent to an activating group) is 1. The molecule has 6 heteroatoms. The van der Waals surface area contributed by atoms with Gasteiger partial charge in [-0.1, -0.05) is 26.0 Å². The van der Waals surface area contributed by atoms with Crippen LogP contribution in [0.5, 0.6) is 0 Å². The molecule has 2 aromatic rings. The molecule has 0 aliphatic carbocycles. The van der Waals surface area contributed by atoms with Gasteiger partial charge in [0.05, 0.1) is 12.3 Å². The largest absolute Gasteiger partial charge is 0.459 e. The van der Waals surface area contributed by atoms with Crippen LogP contribution < -0.4 is 10.6 Å². The van der Waals surface area contributed by atoms with E-state index in [2.05, 4.69) is 10.6 Å². The van der Waals surface area contributed by atoms with Crippen LogP contribution >= 0.6 is 0 Å². The Bertz CT molecular complexity index is 683. The molecule has 25 heavy (non-hydrogen) atoms. The van der Waals surface area contributed by atoms with Crippen molar-refractivity contribution in [2.24, 2.45) is 5.92 Å². The van der Waals surface area contributed by atoms with Crippen LogP contribution in [-0.4, -0.2) is 36.9 Å². The maximum Gasteiger partial charge on any atom is 0.291 e. The molecule has 0 fully saturated rings. The molecule has 1 heterocycles. The van der Waals surface area contributed by atoms with E-state index in [-0.39, 0.29) is 29.5 Å². The molecule has 134 valence electrons. The molecule has 2 rings (SSSR count). The van der Waals surface area contributed by atoms with Gasteiger partial charge in [-0.2, -0.15) is 0 Å². The van der Waals surface area contributed by atoms with Crippen molar-refractivity contribution in [1.82, 2.24) is 10.2 Å². The fourth-order valence-electron chi connectivity index (χ4n) is 2.73. The average molecular weight is 343 g/mol. The van der Waals surface area contributed by atoms with Crippen molar-refractivity contribution in [3.05, 3.63) is 54.0 Å². The average Bonchev–Trinajstić information content (AvgIpc) is 3.08. The molecule has 2 N–H and O–H groups in total. The summed E-state index contributed by atoms with van der Waals surface area (Å²) in [5.74, 6) is 0.209. The zero-order chi connectivity index (χ0) is 18.4. The Morgan fingerprint density at radius 1 is 1.12 bits per heavy atom. The minimum atomic E-state index is -0.295. The molecule has 0 aliphatic heterocycles. The van der Waals surface area contributed by atoms with Gasteiger partial charge < -0.3 is 15.1 Å². The van der Waals surface area contributed by atoms with Gasteiger partial charge in [0, 0.05) is 12.2 Å². The summed E-state index contributed by atoms with van der Waals surface area (Å²) in [5.41, 5.74) is 1.63. The lowest BCUT2D eigenvalue weighted by Gasteiger charge is -2.26. The molecule has 6 nitrogen and oxygen atoms in total. The fourth-order valence-corrected chi connectivity index (χ4v) is 2.73. The summed E-state index contributed by atoms with van der Waals surface area (Å²) >= 11 is 0. The van der Waals surface area contributed by atoms with Crippen molar-refractivity contribution in [2.45, 2.75) is 26.4 Å². The molecule has 1 atom stereocenters. The molecule has 1 aromatic heterocycles. The van der Waals surface area contributed by atoms with Gasteiger partial charge in [0.1, 0.15) is 0 Å². The number of rotatable bonds is 7. The molecule has 0 spiro atoms. The van der Waals surface area contributed by atoms with Crippen LogP contribution in [0.3, 0.4) is 0 Å². The van der Waals surface area contributed by atoms with E-state index in [1.54, 1.807) is 24.3 Å². The van der Waals surface area contributed by atoms with Gasteiger partial charge in [-0.05, 0) is 49.8 Å². The van der Waals surface area contributed by atoms with E-state index in [1.165, 1.54) is 6.26 Å². The molecule has 0 saturated carbocycles. The Morgan fingerprint density at radius 3 is 2.32 bits per heavy atom. The Hall–Kier alpha value is -2.60. The number of nitrogens with one attached hydrogen (secondary N) is 2. The lowest BCUT2D eigenvalue weighted by molar-refractivity contribution is -0.127. The van der Waals surface area contributed by atoms with Gasteiger partial charge in [-0.25, -0.2) is 0 Å². The first-order chi connectivity index (χ1) is 11.9.